The van der Waals surface area contributed by atoms with Gasteiger partial charge >= 0.3 is 88.7 Å². The van der Waals surface area contributed by atoms with Crippen molar-refractivity contribution in [1.82, 2.24) is 9.80 Å². The van der Waals surface area contributed by atoms with Crippen LogP contribution in [0.5, 0.6) is 11.5 Å². The Hall–Kier alpha value is 0.830. The van der Waals surface area contributed by atoms with Crippen LogP contribution in [0, 0.1) is 11.9 Å². The van der Waals surface area contributed by atoms with Crippen molar-refractivity contribution < 1.29 is 181 Å². The Morgan fingerprint density at radius 2 is 1.03 bits per heavy atom. The molecule has 0 spiro atoms. The molecule has 27 heteroatoms. The van der Waals surface area contributed by atoms with Gasteiger partial charge in [0.25, 0.3) is 16.5 Å². The molecule has 0 aliphatic rings. The minimum absolute atomic E-state index is 0. The van der Waals surface area contributed by atoms with E-state index in [9.17, 15) is 35.0 Å². The van der Waals surface area contributed by atoms with Gasteiger partial charge in [0.15, 0.2) is 0 Å². The van der Waals surface area contributed by atoms with Crippen molar-refractivity contribution in [3.05, 3.63) is 71.6 Å². The average Bonchev–Trinajstić information content (AvgIpc) is 3.23. The summed E-state index contributed by atoms with van der Waals surface area (Å²) >= 11 is 0. The van der Waals surface area contributed by atoms with Crippen LogP contribution in [0.1, 0.15) is 91.2 Å². The number of likely N-dealkylation sites (N-methyl/N-ethyl adjacent to an activating group) is 2. The molecule has 0 aliphatic carbocycles. The van der Waals surface area contributed by atoms with Crippen LogP contribution in [-0.4, -0.2) is 149 Å². The second-order valence-electron chi connectivity index (χ2n) is 16.3. The fourth-order valence-electron chi connectivity index (χ4n) is 5.68. The molecule has 0 amide bonds. The maximum absolute atomic E-state index is 10.7. The minimum Gasteiger partial charge on any atom is -0.801 e. The van der Waals surface area contributed by atoms with E-state index < -0.39 is 54.4 Å². The molecular weight excluding hydrogens is 1010 g/mol. The topological polar surface area (TPSA) is 352 Å². The Morgan fingerprint density at radius 3 is 1.40 bits per heavy atom. The van der Waals surface area contributed by atoms with E-state index in [2.05, 4.69) is 38.1 Å². The Kier molecular flexibility index (Phi) is 52.3. The summed E-state index contributed by atoms with van der Waals surface area (Å²) in [5.74, 6) is 0.554. The van der Waals surface area contributed by atoms with Gasteiger partial charge in [-0.15, -0.1) is 12.3 Å². The van der Waals surface area contributed by atoms with E-state index in [1.165, 1.54) is 0 Å². The fourth-order valence-corrected chi connectivity index (χ4v) is 6.12. The molecular formula is C43H74N2Na3O19P3-2. The molecule has 6 atom stereocenters. The van der Waals surface area contributed by atoms with Gasteiger partial charge in [-0.3, -0.25) is 0 Å². The molecule has 2 rings (SSSR count). The fraction of sp³-hybridized carbons (Fsp3) is 0.674. The summed E-state index contributed by atoms with van der Waals surface area (Å²) < 4.78 is 49.8. The maximum Gasteiger partial charge on any atom is 1.00 e. The van der Waals surface area contributed by atoms with E-state index in [0.29, 0.717) is 64.6 Å². The first-order chi connectivity index (χ1) is 31.1. The molecule has 2 aromatic rings. The molecule has 390 valence electrons. The van der Waals surface area contributed by atoms with Crippen LogP contribution in [0.3, 0.4) is 0 Å². The number of nitrogens with zero attached hydrogens (tertiary/aromatic N) is 2. The van der Waals surface area contributed by atoms with Gasteiger partial charge in [-0.2, -0.15) is 13.3 Å². The average molecular weight is 1080 g/mol. The Balaban J connectivity index is -0.000000346. The monoisotopic (exact) mass is 1080 g/mol. The first kappa shape index (κ1) is 79.7. The normalized spacial score (nSPS) is 14.0. The summed E-state index contributed by atoms with van der Waals surface area (Å²) in [7, 11) is -7.81. The Labute approximate surface area is 483 Å². The zero-order valence-electron chi connectivity index (χ0n) is 42.9. The summed E-state index contributed by atoms with van der Waals surface area (Å²) in [6, 6.07) is 16.0. The summed E-state index contributed by atoms with van der Waals surface area (Å²) in [5.41, 5.74) is 2.12. The first-order valence-electron chi connectivity index (χ1n) is 21.6. The van der Waals surface area contributed by atoms with Crippen molar-refractivity contribution in [2.45, 2.75) is 116 Å². The SMILES string of the molecule is CCC(O)COCC(C)OCC(O)CN(C)CCC[C-](O)P(=O)([O-])O.CCC(O)COc1ccc(C(C)(C)c2ccc(OCC(O)CN(C)CCC[C-](C)O)cc2)cc1.O=[P+]([O-])[O-].O=[P+]([O-])[O-].[Na+].[Na+].[Na+]. The number of ether oxygens (including phenoxy) is 4. The van der Waals surface area contributed by atoms with E-state index >= 15 is 0 Å². The van der Waals surface area contributed by atoms with Gasteiger partial charge in [-0.25, -0.2) is 6.10 Å². The van der Waals surface area contributed by atoms with Crippen molar-refractivity contribution in [3.63, 3.8) is 0 Å². The Morgan fingerprint density at radius 1 is 0.671 bits per heavy atom. The van der Waals surface area contributed by atoms with Crippen molar-refractivity contribution in [2.24, 2.45) is 0 Å². The molecule has 0 aliphatic heterocycles. The zero-order chi connectivity index (χ0) is 51.8. The number of aliphatic hydroxyl groups is 6. The van der Waals surface area contributed by atoms with Gasteiger partial charge in [0.2, 0.25) is 0 Å². The van der Waals surface area contributed by atoms with Crippen LogP contribution in [-0.2, 0) is 28.6 Å². The van der Waals surface area contributed by atoms with Crippen LogP contribution >= 0.6 is 24.1 Å². The van der Waals surface area contributed by atoms with Crippen molar-refractivity contribution >= 4 is 24.1 Å². The number of hydrogen-bond acceptors (Lipinski definition) is 20. The molecule has 0 radical (unpaired) electrons. The van der Waals surface area contributed by atoms with E-state index in [4.69, 9.17) is 57.7 Å². The molecule has 0 aromatic heterocycles. The minimum atomic E-state index is -4.78. The molecule has 0 saturated heterocycles. The second kappa shape index (κ2) is 46.0. The summed E-state index contributed by atoms with van der Waals surface area (Å²) in [5, 5.41) is 57.6. The van der Waals surface area contributed by atoms with Crippen molar-refractivity contribution in [1.29, 1.82) is 0 Å². The predicted molar refractivity (Wildman–Crippen MR) is 241 cm³/mol. The predicted octanol–water partition coefficient (Wildman–Crippen LogP) is -8.06. The van der Waals surface area contributed by atoms with Crippen LogP contribution in [0.25, 0.3) is 0 Å². The number of benzene rings is 2. The molecule has 21 nitrogen and oxygen atoms in total. The molecule has 6 unspecified atom stereocenters. The van der Waals surface area contributed by atoms with Crippen LogP contribution in [0.4, 0.5) is 0 Å². The van der Waals surface area contributed by atoms with Gasteiger partial charge < -0.3 is 93.3 Å². The van der Waals surface area contributed by atoms with Gasteiger partial charge in [-0.05, 0) is 82.3 Å². The van der Waals surface area contributed by atoms with Crippen molar-refractivity contribution in [3.8, 4) is 11.5 Å². The quantitative estimate of drug-likeness (QED) is 0.0217. The number of aliphatic hydroxyl groups excluding tert-OH is 6. The standard InChI is InChI=1S/C28H42NO5.C15H33NO8P.3Na.2HO3P/c1-6-24(31)19-33-26-13-9-22(10-14-26)28(3,4)23-11-15-27(16-12-23)34-20-25(32)18-29(5)17-7-8-21(2)30;1-4-13(17)10-23-9-12(2)24-11-14(18)8-16(3)7-5-6-15(19)25(20,21)22;;;;2*1-4(2)3/h9-16,24-25,30-32H,6-8,17-20H2,1-5H3;12-14,17-19H,4-11H2,1-3H3,(H2,20,21,22);;;;2*(H,1,2,3)/q2*-1;3*+1;;/p-3. The van der Waals surface area contributed by atoms with Gasteiger partial charge in [0, 0.05) is 26.1 Å². The Bertz CT molecular complexity index is 1610. The van der Waals surface area contributed by atoms with E-state index in [1.807, 2.05) is 57.0 Å². The van der Waals surface area contributed by atoms with Crippen LogP contribution in [0.15, 0.2) is 48.5 Å². The van der Waals surface area contributed by atoms with Crippen LogP contribution < -0.4 is 123 Å². The van der Waals surface area contributed by atoms with Gasteiger partial charge in [0.1, 0.15) is 30.8 Å². The molecule has 0 bridgehead atoms. The summed E-state index contributed by atoms with van der Waals surface area (Å²) in [6.07, 6.45) is 1.01. The van der Waals surface area contributed by atoms with E-state index in [1.54, 1.807) is 18.9 Å². The second-order valence-corrected chi connectivity index (χ2v) is 18.7. The van der Waals surface area contributed by atoms with Crippen molar-refractivity contribution in [2.75, 3.05) is 73.3 Å². The van der Waals surface area contributed by atoms with Gasteiger partial charge in [0.05, 0.1) is 44.2 Å². The van der Waals surface area contributed by atoms with Gasteiger partial charge in [-0.1, -0.05) is 73.9 Å². The largest absolute Gasteiger partial charge is 1.00 e. The maximum atomic E-state index is 10.7. The molecule has 0 fully saturated rings. The van der Waals surface area contributed by atoms with Crippen LogP contribution in [0.2, 0.25) is 0 Å². The third kappa shape index (κ3) is 45.1. The third-order valence-corrected chi connectivity index (χ3v) is 10.5. The number of hydrogen-bond donors (Lipinski definition) is 7. The zero-order valence-corrected chi connectivity index (χ0v) is 51.6. The molecule has 0 saturated carbocycles. The molecule has 2 aromatic carbocycles. The molecule has 0 heterocycles. The van der Waals surface area contributed by atoms with E-state index in [0.717, 1.165) is 35.6 Å². The van der Waals surface area contributed by atoms with E-state index in [-0.39, 0.29) is 126 Å². The molecule has 70 heavy (non-hydrogen) atoms. The molecule has 7 N–H and O–H groups in total. The summed E-state index contributed by atoms with van der Waals surface area (Å²) in [6.45, 7) is 15.0. The first-order valence-corrected chi connectivity index (χ1v) is 25.4. The number of rotatable bonds is 30. The summed E-state index contributed by atoms with van der Waals surface area (Å²) in [4.78, 5) is 57.1. The smallest absolute Gasteiger partial charge is 0.801 e. The third-order valence-electron chi connectivity index (χ3n) is 9.60.